The summed E-state index contributed by atoms with van der Waals surface area (Å²) < 4.78 is 17.1. The van der Waals surface area contributed by atoms with Gasteiger partial charge in [0.25, 0.3) is 0 Å². The Balaban J connectivity index is 1.99. The van der Waals surface area contributed by atoms with Gasteiger partial charge in [-0.2, -0.15) is 0 Å². The third-order valence-corrected chi connectivity index (χ3v) is 5.08. The van der Waals surface area contributed by atoms with Crippen LogP contribution in [0.15, 0.2) is 53.7 Å². The highest BCUT2D eigenvalue weighted by molar-refractivity contribution is 6.30. The second-order valence-electron chi connectivity index (χ2n) is 7.86. The topological polar surface area (TPSA) is 85.9 Å². The molecule has 170 valence electrons. The summed E-state index contributed by atoms with van der Waals surface area (Å²) in [6, 6.07) is 11.5. The molecule has 0 fully saturated rings. The predicted molar refractivity (Wildman–Crippen MR) is 122 cm³/mol. The van der Waals surface area contributed by atoms with E-state index in [1.54, 1.807) is 31.2 Å². The highest BCUT2D eigenvalue weighted by atomic mass is 35.5. The summed E-state index contributed by atoms with van der Waals surface area (Å²) in [5.41, 5.74) is 2.19. The molecule has 1 aliphatic heterocycles. The number of carbonyl (C=O) groups excluding carboxylic acids is 2. The molecule has 1 heterocycles. The summed E-state index contributed by atoms with van der Waals surface area (Å²) in [5, 5.41) is 6.07. The summed E-state index contributed by atoms with van der Waals surface area (Å²) in [5.74, 6) is 0.573. The minimum atomic E-state index is -0.770. The molecule has 3 rings (SSSR count). The predicted octanol–water partition coefficient (Wildman–Crippen LogP) is 4.75. The van der Waals surface area contributed by atoms with Gasteiger partial charge in [0.1, 0.15) is 6.61 Å². The number of hydrogen-bond acceptors (Lipinski definition) is 5. The van der Waals surface area contributed by atoms with Crippen LogP contribution in [-0.2, 0) is 16.1 Å². The van der Waals surface area contributed by atoms with E-state index in [9.17, 15) is 9.59 Å². The van der Waals surface area contributed by atoms with Crippen molar-refractivity contribution in [2.75, 3.05) is 13.7 Å². The van der Waals surface area contributed by atoms with Crippen molar-refractivity contribution in [3.63, 3.8) is 0 Å². The molecule has 2 N–H and O–H groups in total. The Morgan fingerprint density at radius 1 is 1.19 bits per heavy atom. The SMILES string of the molecule is COc1cccc(C2NC(=O)NC(C)=C2C(=O)OCC(C)C)c1OCc1cccc(Cl)c1. The van der Waals surface area contributed by atoms with Crippen LogP contribution in [0, 0.1) is 5.92 Å². The zero-order valence-corrected chi connectivity index (χ0v) is 19.3. The molecular formula is C24H27ClN2O5. The van der Waals surface area contributed by atoms with Crippen LogP contribution >= 0.6 is 11.6 Å². The van der Waals surface area contributed by atoms with E-state index in [1.165, 1.54) is 7.11 Å². The molecule has 2 aromatic rings. The number of rotatable bonds is 8. The van der Waals surface area contributed by atoms with Crippen LogP contribution in [0.3, 0.4) is 0 Å². The number of amides is 2. The van der Waals surface area contributed by atoms with Crippen LogP contribution in [-0.4, -0.2) is 25.7 Å². The Labute approximate surface area is 192 Å². The Hall–Kier alpha value is -3.19. The first-order valence-corrected chi connectivity index (χ1v) is 10.7. The van der Waals surface area contributed by atoms with Crippen LogP contribution in [0.1, 0.15) is 37.9 Å². The third kappa shape index (κ3) is 5.53. The number of allylic oxidation sites excluding steroid dienone is 1. The zero-order valence-electron chi connectivity index (χ0n) is 18.5. The molecule has 0 bridgehead atoms. The van der Waals surface area contributed by atoms with Crippen molar-refractivity contribution < 1.29 is 23.8 Å². The molecule has 0 saturated heterocycles. The van der Waals surface area contributed by atoms with Gasteiger partial charge in [-0.25, -0.2) is 9.59 Å². The first kappa shape index (κ1) is 23.5. The first-order valence-electron chi connectivity index (χ1n) is 10.3. The van der Waals surface area contributed by atoms with Gasteiger partial charge in [0.2, 0.25) is 0 Å². The average molecular weight is 459 g/mol. The van der Waals surface area contributed by atoms with Crippen molar-refractivity contribution >= 4 is 23.6 Å². The lowest BCUT2D eigenvalue weighted by Gasteiger charge is -2.30. The van der Waals surface area contributed by atoms with Gasteiger partial charge in [0.05, 0.1) is 25.3 Å². The van der Waals surface area contributed by atoms with Crippen molar-refractivity contribution in [3.05, 3.63) is 69.9 Å². The summed E-state index contributed by atoms with van der Waals surface area (Å²) >= 11 is 6.08. The Morgan fingerprint density at radius 2 is 1.94 bits per heavy atom. The lowest BCUT2D eigenvalue weighted by molar-refractivity contribution is -0.140. The summed E-state index contributed by atoms with van der Waals surface area (Å²) in [4.78, 5) is 25.2. The molecule has 0 spiro atoms. The Morgan fingerprint density at radius 3 is 2.62 bits per heavy atom. The minimum absolute atomic E-state index is 0.179. The number of ether oxygens (including phenoxy) is 3. The fraction of sp³-hybridized carbons (Fsp3) is 0.333. The molecule has 2 amide bonds. The van der Waals surface area contributed by atoms with Gasteiger partial charge in [0.15, 0.2) is 11.5 Å². The first-order chi connectivity index (χ1) is 15.3. The smallest absolute Gasteiger partial charge is 0.338 e. The highest BCUT2D eigenvalue weighted by Gasteiger charge is 2.35. The molecule has 1 aliphatic rings. The standard InChI is InChI=1S/C24H27ClN2O5/c1-14(2)12-32-23(28)20-15(3)26-24(29)27-21(20)18-9-6-10-19(30-4)22(18)31-13-16-7-5-8-17(25)11-16/h5-11,14,21H,12-13H2,1-4H3,(H2,26,27,29). The molecule has 32 heavy (non-hydrogen) atoms. The van der Waals surface area contributed by atoms with Crippen molar-refractivity contribution in [1.82, 2.24) is 10.6 Å². The van der Waals surface area contributed by atoms with Crippen LogP contribution in [0.25, 0.3) is 0 Å². The lowest BCUT2D eigenvalue weighted by Crippen LogP contribution is -2.45. The maximum absolute atomic E-state index is 12.9. The van der Waals surface area contributed by atoms with Crippen molar-refractivity contribution in [2.24, 2.45) is 5.92 Å². The minimum Gasteiger partial charge on any atom is -0.493 e. The molecule has 2 aromatic carbocycles. The lowest BCUT2D eigenvalue weighted by atomic mass is 9.94. The quantitative estimate of drug-likeness (QED) is 0.557. The van der Waals surface area contributed by atoms with E-state index < -0.39 is 18.0 Å². The van der Waals surface area contributed by atoms with Gasteiger partial charge in [-0.15, -0.1) is 0 Å². The number of urea groups is 1. The number of halogens is 1. The molecule has 7 nitrogen and oxygen atoms in total. The van der Waals surface area contributed by atoms with Gasteiger partial charge >= 0.3 is 12.0 Å². The molecule has 8 heteroatoms. The van der Waals surface area contributed by atoms with Crippen LogP contribution < -0.4 is 20.1 Å². The molecule has 0 saturated carbocycles. The molecule has 1 atom stereocenters. The molecule has 0 aromatic heterocycles. The van der Waals surface area contributed by atoms with Gasteiger partial charge in [0, 0.05) is 16.3 Å². The number of esters is 1. The third-order valence-electron chi connectivity index (χ3n) is 4.85. The number of methoxy groups -OCH3 is 1. The van der Waals surface area contributed by atoms with Gasteiger partial charge < -0.3 is 24.8 Å². The highest BCUT2D eigenvalue weighted by Crippen LogP contribution is 2.39. The molecular weight excluding hydrogens is 432 g/mol. The van der Waals surface area contributed by atoms with E-state index in [-0.39, 0.29) is 19.1 Å². The summed E-state index contributed by atoms with van der Waals surface area (Å²) in [7, 11) is 1.53. The zero-order chi connectivity index (χ0) is 23.3. The largest absolute Gasteiger partial charge is 0.493 e. The van der Waals surface area contributed by atoms with Crippen molar-refractivity contribution in [1.29, 1.82) is 0 Å². The van der Waals surface area contributed by atoms with Crippen molar-refractivity contribution in [3.8, 4) is 11.5 Å². The average Bonchev–Trinajstić information content (AvgIpc) is 2.75. The van der Waals surface area contributed by atoms with Gasteiger partial charge in [-0.05, 0) is 36.6 Å². The fourth-order valence-electron chi connectivity index (χ4n) is 3.38. The van der Waals surface area contributed by atoms with Crippen LogP contribution in [0.2, 0.25) is 5.02 Å². The van der Waals surface area contributed by atoms with E-state index in [0.717, 1.165) is 5.56 Å². The van der Waals surface area contributed by atoms with Crippen LogP contribution in [0.4, 0.5) is 4.79 Å². The Bertz CT molecular complexity index is 1030. The number of benzene rings is 2. The number of carbonyl (C=O) groups is 2. The normalized spacial score (nSPS) is 15.8. The molecule has 1 unspecified atom stereocenters. The fourth-order valence-corrected chi connectivity index (χ4v) is 3.59. The van der Waals surface area contributed by atoms with E-state index in [2.05, 4.69) is 10.6 Å². The second-order valence-corrected chi connectivity index (χ2v) is 8.30. The number of nitrogens with one attached hydrogen (secondary N) is 2. The van der Waals surface area contributed by atoms with E-state index in [4.69, 9.17) is 25.8 Å². The van der Waals surface area contributed by atoms with Gasteiger partial charge in [-0.1, -0.05) is 49.7 Å². The second kappa shape index (κ2) is 10.4. The van der Waals surface area contributed by atoms with E-state index in [0.29, 0.717) is 33.4 Å². The molecule has 0 aliphatic carbocycles. The maximum atomic E-state index is 12.9. The number of para-hydroxylation sites is 1. The van der Waals surface area contributed by atoms with E-state index >= 15 is 0 Å². The maximum Gasteiger partial charge on any atom is 0.338 e. The van der Waals surface area contributed by atoms with E-state index in [1.807, 2.05) is 32.0 Å². The summed E-state index contributed by atoms with van der Waals surface area (Å²) in [6.07, 6.45) is 0. The van der Waals surface area contributed by atoms with Gasteiger partial charge in [-0.3, -0.25) is 0 Å². The van der Waals surface area contributed by atoms with Crippen molar-refractivity contribution in [2.45, 2.75) is 33.4 Å². The number of hydrogen-bond donors (Lipinski definition) is 2. The Kier molecular flexibility index (Phi) is 7.64. The monoisotopic (exact) mass is 458 g/mol. The summed E-state index contributed by atoms with van der Waals surface area (Å²) in [6.45, 7) is 6.08. The molecule has 0 radical (unpaired) electrons. The van der Waals surface area contributed by atoms with Crippen LogP contribution in [0.5, 0.6) is 11.5 Å².